The second-order valence-corrected chi connectivity index (χ2v) is 13.5. The van der Waals surface area contributed by atoms with Crippen LogP contribution in [0.2, 0.25) is 0 Å². The number of hydrogen-bond acceptors (Lipinski definition) is 8. The van der Waals surface area contributed by atoms with Crippen LogP contribution in [0.3, 0.4) is 0 Å². The maximum atomic E-state index is 13.5. The molecule has 0 saturated carbocycles. The molecule has 2 N–H and O–H groups in total. The van der Waals surface area contributed by atoms with Crippen molar-refractivity contribution in [1.82, 2.24) is 10.0 Å². The Kier molecular flexibility index (Phi) is 5.91. The normalized spacial score (nSPS) is 19.6. The Labute approximate surface area is 205 Å². The third-order valence-electron chi connectivity index (χ3n) is 6.05. The van der Waals surface area contributed by atoms with E-state index in [1.807, 2.05) is 0 Å². The van der Waals surface area contributed by atoms with E-state index in [0.717, 1.165) is 10.6 Å². The van der Waals surface area contributed by atoms with Crippen molar-refractivity contribution in [1.29, 1.82) is 0 Å². The van der Waals surface area contributed by atoms with Gasteiger partial charge in [-0.05, 0) is 36.5 Å². The van der Waals surface area contributed by atoms with E-state index in [4.69, 9.17) is 0 Å². The molecular weight excluding hydrogens is 494 g/mol. The van der Waals surface area contributed by atoms with E-state index in [2.05, 4.69) is 30.5 Å². The summed E-state index contributed by atoms with van der Waals surface area (Å²) < 4.78 is 54.7. The monoisotopic (exact) mass is 523 g/mol. The Balaban J connectivity index is 1.76. The number of carbonyl (C=O) groups is 1. The summed E-state index contributed by atoms with van der Waals surface area (Å²) in [7, 11) is -6.61. The van der Waals surface area contributed by atoms with Crippen molar-refractivity contribution < 1.29 is 26.7 Å². The number of nitrogens with zero attached hydrogens (tertiary/aromatic N) is 4. The van der Waals surface area contributed by atoms with Gasteiger partial charge in [-0.2, -0.15) is 8.42 Å². The van der Waals surface area contributed by atoms with Gasteiger partial charge in [-0.15, -0.1) is 4.40 Å². The van der Waals surface area contributed by atoms with E-state index in [1.165, 1.54) is 30.3 Å². The van der Waals surface area contributed by atoms with Crippen LogP contribution in [0.5, 0.6) is 0 Å². The first kappa shape index (κ1) is 25.0. The number of aliphatic hydroxyl groups is 1. The molecule has 1 aromatic carbocycles. The van der Waals surface area contributed by atoms with Gasteiger partial charge in [-0.1, -0.05) is 26.8 Å². The van der Waals surface area contributed by atoms with Crippen molar-refractivity contribution in [2.45, 2.75) is 38.5 Å². The average molecular weight is 524 g/mol. The van der Waals surface area contributed by atoms with E-state index >= 15 is 0 Å². The molecule has 0 fully saturated rings. The number of anilines is 2. The first-order chi connectivity index (χ1) is 16.1. The van der Waals surface area contributed by atoms with Crippen LogP contribution in [0.25, 0.3) is 0 Å². The van der Waals surface area contributed by atoms with Crippen molar-refractivity contribution in [2.24, 2.45) is 9.81 Å². The molecule has 0 aromatic heterocycles. The van der Waals surface area contributed by atoms with Crippen LogP contribution in [0.4, 0.5) is 11.4 Å². The van der Waals surface area contributed by atoms with Gasteiger partial charge in [0, 0.05) is 20.1 Å². The van der Waals surface area contributed by atoms with E-state index in [1.54, 1.807) is 11.1 Å². The SMILES string of the molecule is CN(c1ccc2c(c1)S(=O)(=O)N=C(C1=C(O)C3=CCCN3N(CCC(C)(C)C)C1=O)N2)S(C)(=O)=O. The fourth-order valence-corrected chi connectivity index (χ4v) is 5.65. The number of amides is 1. The lowest BCUT2D eigenvalue weighted by Gasteiger charge is -2.40. The molecule has 0 spiro atoms. The highest BCUT2D eigenvalue weighted by atomic mass is 32.2. The van der Waals surface area contributed by atoms with Gasteiger partial charge in [-0.25, -0.2) is 13.4 Å². The van der Waals surface area contributed by atoms with Crippen LogP contribution in [-0.4, -0.2) is 70.1 Å². The van der Waals surface area contributed by atoms with Gasteiger partial charge in [0.2, 0.25) is 10.0 Å². The van der Waals surface area contributed by atoms with E-state index in [0.29, 0.717) is 31.6 Å². The van der Waals surface area contributed by atoms with Crippen LogP contribution in [0.15, 0.2) is 50.6 Å². The third kappa shape index (κ3) is 4.61. The van der Waals surface area contributed by atoms with Crippen molar-refractivity contribution in [3.05, 3.63) is 41.3 Å². The number of hydrogen-bond donors (Lipinski definition) is 2. The van der Waals surface area contributed by atoms with Crippen LogP contribution in [0, 0.1) is 5.41 Å². The Morgan fingerprint density at radius 1 is 1.26 bits per heavy atom. The van der Waals surface area contributed by atoms with Gasteiger partial charge in [0.25, 0.3) is 15.9 Å². The molecular formula is C22H29N5O6S2. The maximum absolute atomic E-state index is 13.5. The number of benzene rings is 1. The highest BCUT2D eigenvalue weighted by molar-refractivity contribution is 7.92. The molecule has 0 bridgehead atoms. The predicted octanol–water partition coefficient (Wildman–Crippen LogP) is 2.19. The fourth-order valence-electron chi connectivity index (χ4n) is 4.01. The van der Waals surface area contributed by atoms with Gasteiger partial charge < -0.3 is 10.4 Å². The molecule has 0 unspecified atom stereocenters. The van der Waals surface area contributed by atoms with Crippen LogP contribution in [-0.2, 0) is 24.8 Å². The summed E-state index contributed by atoms with van der Waals surface area (Å²) in [5.74, 6) is -1.17. The lowest BCUT2D eigenvalue weighted by molar-refractivity contribution is -0.142. The van der Waals surface area contributed by atoms with E-state index in [9.17, 15) is 26.7 Å². The molecule has 0 atom stereocenters. The summed E-state index contributed by atoms with van der Waals surface area (Å²) >= 11 is 0. The number of aliphatic hydroxyl groups excluding tert-OH is 1. The molecule has 13 heteroatoms. The highest BCUT2D eigenvalue weighted by Crippen LogP contribution is 2.37. The second kappa shape index (κ2) is 8.26. The average Bonchev–Trinajstić information content (AvgIpc) is 3.21. The Hall–Kier alpha value is -3.06. The van der Waals surface area contributed by atoms with Crippen LogP contribution >= 0.6 is 0 Å². The minimum absolute atomic E-state index is 0.0486. The fraction of sp³-hybridized carbons (Fsp3) is 0.455. The Bertz CT molecular complexity index is 1400. The van der Waals surface area contributed by atoms with Gasteiger partial charge in [0.15, 0.2) is 11.6 Å². The lowest BCUT2D eigenvalue weighted by atomic mass is 9.92. The summed E-state index contributed by atoms with van der Waals surface area (Å²) in [5, 5.41) is 17.1. The quantitative estimate of drug-likeness (QED) is 0.599. The van der Waals surface area contributed by atoms with Gasteiger partial charge in [0.1, 0.15) is 10.5 Å². The number of sulfonamides is 2. The maximum Gasteiger partial charge on any atom is 0.286 e. The largest absolute Gasteiger partial charge is 0.505 e. The van der Waals surface area contributed by atoms with Gasteiger partial charge in [-0.3, -0.25) is 14.1 Å². The molecule has 3 heterocycles. The Morgan fingerprint density at radius 2 is 1.94 bits per heavy atom. The number of nitrogens with one attached hydrogen (secondary N) is 1. The smallest absolute Gasteiger partial charge is 0.286 e. The van der Waals surface area contributed by atoms with E-state index < -0.39 is 26.0 Å². The molecule has 0 saturated heterocycles. The molecule has 3 aliphatic rings. The number of amidine groups is 1. The first-order valence-corrected chi connectivity index (χ1v) is 14.3. The van der Waals surface area contributed by atoms with Crippen LogP contribution in [0.1, 0.15) is 33.6 Å². The highest BCUT2D eigenvalue weighted by Gasteiger charge is 2.42. The van der Waals surface area contributed by atoms with Crippen molar-refractivity contribution in [2.75, 3.05) is 36.0 Å². The minimum atomic E-state index is -4.31. The molecule has 1 amide bonds. The van der Waals surface area contributed by atoms with Crippen LogP contribution < -0.4 is 9.62 Å². The molecule has 1 aromatic rings. The lowest BCUT2D eigenvalue weighted by Crippen LogP contribution is -2.52. The van der Waals surface area contributed by atoms with Gasteiger partial charge in [0.05, 0.1) is 23.3 Å². The Morgan fingerprint density at radius 3 is 2.57 bits per heavy atom. The van der Waals surface area contributed by atoms with Crippen molar-refractivity contribution in [3.8, 4) is 0 Å². The summed E-state index contributed by atoms with van der Waals surface area (Å²) in [5.41, 5.74) is 0.428. The number of carbonyl (C=O) groups excluding carboxylic acids is 1. The van der Waals surface area contributed by atoms with Crippen molar-refractivity contribution in [3.63, 3.8) is 0 Å². The first-order valence-electron chi connectivity index (χ1n) is 11.0. The summed E-state index contributed by atoms with van der Waals surface area (Å²) in [6, 6.07) is 4.05. The summed E-state index contributed by atoms with van der Waals surface area (Å²) in [4.78, 5) is 13.3. The molecule has 4 rings (SSSR count). The number of fused-ring (bicyclic) bond motifs is 2. The molecule has 11 nitrogen and oxygen atoms in total. The summed E-state index contributed by atoms with van der Waals surface area (Å²) in [6.07, 6.45) is 4.12. The standard InChI is InChI=1S/C22H29N5O6S2/c1-22(2,3)10-12-27-21(29)18(19(28)16-7-6-11-26(16)27)20-23-15-9-8-14(25(4)34(5,30)31)13-17(15)35(32,33)24-20/h7-9,13,28H,6,10-12H2,1-5H3,(H,23,24). The summed E-state index contributed by atoms with van der Waals surface area (Å²) in [6.45, 7) is 7.08. The topological polar surface area (TPSA) is 140 Å². The predicted molar refractivity (Wildman–Crippen MR) is 133 cm³/mol. The number of rotatable bonds is 5. The minimum Gasteiger partial charge on any atom is -0.505 e. The molecule has 3 aliphatic heterocycles. The molecule has 35 heavy (non-hydrogen) atoms. The second-order valence-electron chi connectivity index (χ2n) is 9.91. The van der Waals surface area contributed by atoms with E-state index in [-0.39, 0.29) is 38.9 Å². The molecule has 0 aliphatic carbocycles. The van der Waals surface area contributed by atoms with Gasteiger partial charge >= 0.3 is 0 Å². The zero-order chi connectivity index (χ0) is 25.9. The zero-order valence-corrected chi connectivity index (χ0v) is 21.9. The zero-order valence-electron chi connectivity index (χ0n) is 20.2. The molecule has 0 radical (unpaired) electrons. The third-order valence-corrected chi connectivity index (χ3v) is 8.58. The molecule has 190 valence electrons. The van der Waals surface area contributed by atoms with Crippen molar-refractivity contribution >= 4 is 43.2 Å². The number of hydrazine groups is 1.